The molecule has 0 bridgehead atoms. The quantitative estimate of drug-likeness (QED) is 0.817. The lowest BCUT2D eigenvalue weighted by Gasteiger charge is -2.41. The molecular formula is C20H28ClN5O3. The number of rotatable bonds is 3. The van der Waals surface area contributed by atoms with Crippen LogP contribution >= 0.6 is 12.4 Å². The van der Waals surface area contributed by atoms with Crippen LogP contribution in [0.5, 0.6) is 0 Å². The Kier molecular flexibility index (Phi) is 6.33. The Bertz CT molecular complexity index is 906. The van der Waals surface area contributed by atoms with E-state index in [1.807, 2.05) is 47.3 Å². The first-order valence-corrected chi connectivity index (χ1v) is 9.88. The molecule has 1 atom stereocenters. The summed E-state index contributed by atoms with van der Waals surface area (Å²) in [5.74, 6) is 1.57. The molecule has 4 rings (SSSR count). The van der Waals surface area contributed by atoms with Crippen molar-refractivity contribution in [3.05, 3.63) is 34.8 Å². The summed E-state index contributed by atoms with van der Waals surface area (Å²) >= 11 is 0. The molecule has 2 aromatic heterocycles. The minimum Gasteiger partial charge on any atom is -0.360 e. The molecular weight excluding hydrogens is 394 g/mol. The van der Waals surface area contributed by atoms with Crippen LogP contribution in [0.2, 0.25) is 0 Å². The number of hydrogen-bond acceptors (Lipinski definition) is 5. The Hall–Kier alpha value is -2.32. The van der Waals surface area contributed by atoms with E-state index in [4.69, 9.17) is 4.52 Å². The van der Waals surface area contributed by atoms with Gasteiger partial charge in [0.2, 0.25) is 5.91 Å². The first-order valence-electron chi connectivity index (χ1n) is 9.88. The molecule has 0 aromatic carbocycles. The standard InChI is InChI=1S/C20H27N5O3.ClH/c1-13-9-17(15(3)25(13)18-10-14(2)28-22-18)20(27)23-7-4-5-16(12-23)24-8-6-21-11-19(24)26;/h9-10,16,21H,4-8,11-12H2,1-3H3;1H. The summed E-state index contributed by atoms with van der Waals surface area (Å²) in [6.45, 7) is 8.99. The predicted molar refractivity (Wildman–Crippen MR) is 111 cm³/mol. The molecule has 2 saturated heterocycles. The molecule has 0 radical (unpaired) electrons. The van der Waals surface area contributed by atoms with Crippen LogP contribution in [0.3, 0.4) is 0 Å². The van der Waals surface area contributed by atoms with Crippen molar-refractivity contribution in [1.82, 2.24) is 24.8 Å². The fourth-order valence-electron chi connectivity index (χ4n) is 4.36. The number of halogens is 1. The molecule has 158 valence electrons. The molecule has 2 fully saturated rings. The average Bonchev–Trinajstić information content (AvgIpc) is 3.24. The molecule has 4 heterocycles. The van der Waals surface area contributed by atoms with E-state index >= 15 is 0 Å². The molecule has 2 aliphatic heterocycles. The number of aromatic nitrogens is 2. The molecule has 0 saturated carbocycles. The third kappa shape index (κ3) is 4.04. The van der Waals surface area contributed by atoms with Crippen molar-refractivity contribution in [2.24, 2.45) is 0 Å². The number of amides is 2. The Labute approximate surface area is 176 Å². The first kappa shape index (κ1) is 21.4. The number of likely N-dealkylation sites (tertiary alicyclic amines) is 1. The maximum Gasteiger partial charge on any atom is 0.255 e. The molecule has 2 aliphatic rings. The molecule has 0 spiro atoms. The minimum absolute atomic E-state index is 0. The zero-order chi connectivity index (χ0) is 19.8. The fourth-order valence-corrected chi connectivity index (χ4v) is 4.36. The van der Waals surface area contributed by atoms with Gasteiger partial charge in [-0.1, -0.05) is 5.16 Å². The van der Waals surface area contributed by atoms with Crippen LogP contribution < -0.4 is 5.32 Å². The van der Waals surface area contributed by atoms with E-state index in [1.54, 1.807) is 0 Å². The second kappa shape index (κ2) is 8.59. The van der Waals surface area contributed by atoms with Crippen molar-refractivity contribution in [2.75, 3.05) is 32.7 Å². The van der Waals surface area contributed by atoms with Gasteiger partial charge in [-0.3, -0.25) is 14.2 Å². The molecule has 0 aliphatic carbocycles. The van der Waals surface area contributed by atoms with Gasteiger partial charge in [-0.15, -0.1) is 12.4 Å². The third-order valence-corrected chi connectivity index (χ3v) is 5.76. The summed E-state index contributed by atoms with van der Waals surface area (Å²) < 4.78 is 7.15. The predicted octanol–water partition coefficient (Wildman–Crippen LogP) is 1.85. The van der Waals surface area contributed by atoms with Crippen LogP contribution in [0, 0.1) is 20.8 Å². The molecule has 2 aromatic rings. The van der Waals surface area contributed by atoms with Gasteiger partial charge in [-0.05, 0) is 39.7 Å². The lowest BCUT2D eigenvalue weighted by Crippen LogP contribution is -2.57. The van der Waals surface area contributed by atoms with E-state index in [0.29, 0.717) is 31.0 Å². The van der Waals surface area contributed by atoms with Gasteiger partial charge in [0.05, 0.1) is 12.1 Å². The number of nitrogens with zero attached hydrogens (tertiary/aromatic N) is 4. The summed E-state index contributed by atoms with van der Waals surface area (Å²) in [6.07, 6.45) is 1.86. The summed E-state index contributed by atoms with van der Waals surface area (Å²) in [4.78, 5) is 29.4. The van der Waals surface area contributed by atoms with E-state index in [9.17, 15) is 9.59 Å². The highest BCUT2D eigenvalue weighted by molar-refractivity contribution is 5.96. The van der Waals surface area contributed by atoms with Crippen molar-refractivity contribution < 1.29 is 14.1 Å². The zero-order valence-electron chi connectivity index (χ0n) is 17.1. The van der Waals surface area contributed by atoms with Crippen molar-refractivity contribution in [1.29, 1.82) is 0 Å². The lowest BCUT2D eigenvalue weighted by atomic mass is 10.0. The van der Waals surface area contributed by atoms with Crippen LogP contribution in [0.4, 0.5) is 0 Å². The maximum absolute atomic E-state index is 13.3. The highest BCUT2D eigenvalue weighted by Gasteiger charge is 2.33. The first-order chi connectivity index (χ1) is 13.5. The largest absolute Gasteiger partial charge is 0.360 e. The number of nitrogens with one attached hydrogen (secondary N) is 1. The van der Waals surface area contributed by atoms with Crippen LogP contribution in [-0.4, -0.2) is 70.1 Å². The maximum atomic E-state index is 13.3. The van der Waals surface area contributed by atoms with Crippen molar-refractivity contribution in [3.63, 3.8) is 0 Å². The molecule has 29 heavy (non-hydrogen) atoms. The monoisotopic (exact) mass is 421 g/mol. The van der Waals surface area contributed by atoms with Gasteiger partial charge in [0.15, 0.2) is 5.82 Å². The summed E-state index contributed by atoms with van der Waals surface area (Å²) in [5, 5.41) is 7.20. The number of aryl methyl sites for hydroxylation is 2. The fraction of sp³-hybridized carbons (Fsp3) is 0.550. The van der Waals surface area contributed by atoms with E-state index < -0.39 is 0 Å². The molecule has 9 heteroatoms. The normalized spacial score (nSPS) is 20.0. The smallest absolute Gasteiger partial charge is 0.255 e. The van der Waals surface area contributed by atoms with Gasteiger partial charge < -0.3 is 19.6 Å². The van der Waals surface area contributed by atoms with Gasteiger partial charge in [0.25, 0.3) is 5.91 Å². The van der Waals surface area contributed by atoms with Gasteiger partial charge in [0.1, 0.15) is 5.76 Å². The average molecular weight is 422 g/mol. The number of piperazine rings is 1. The van der Waals surface area contributed by atoms with Gasteiger partial charge in [-0.25, -0.2) is 0 Å². The second-order valence-electron chi connectivity index (χ2n) is 7.73. The summed E-state index contributed by atoms with van der Waals surface area (Å²) in [7, 11) is 0. The van der Waals surface area contributed by atoms with Crippen LogP contribution in [0.15, 0.2) is 16.7 Å². The van der Waals surface area contributed by atoms with E-state index in [0.717, 1.165) is 43.1 Å². The Balaban J connectivity index is 0.00000240. The SMILES string of the molecule is Cc1cc(-n2c(C)cc(C(=O)N3CCCC(N4CCNCC4=O)C3)c2C)no1.Cl. The third-order valence-electron chi connectivity index (χ3n) is 5.76. The Morgan fingerprint density at radius 2 is 2.03 bits per heavy atom. The highest BCUT2D eigenvalue weighted by atomic mass is 35.5. The van der Waals surface area contributed by atoms with E-state index in [-0.39, 0.29) is 30.3 Å². The lowest BCUT2D eigenvalue weighted by molar-refractivity contribution is -0.135. The molecule has 8 nitrogen and oxygen atoms in total. The minimum atomic E-state index is 0. The van der Waals surface area contributed by atoms with E-state index in [2.05, 4.69) is 10.5 Å². The van der Waals surface area contributed by atoms with E-state index in [1.165, 1.54) is 0 Å². The number of hydrogen-bond donors (Lipinski definition) is 1. The van der Waals surface area contributed by atoms with Gasteiger partial charge in [-0.2, -0.15) is 0 Å². The highest BCUT2D eigenvalue weighted by Crippen LogP contribution is 2.24. The number of carbonyl (C=O) groups is 2. The van der Waals surface area contributed by atoms with Crippen LogP contribution in [0.1, 0.15) is 40.3 Å². The number of piperidine rings is 1. The van der Waals surface area contributed by atoms with Crippen molar-refractivity contribution >= 4 is 24.2 Å². The van der Waals surface area contributed by atoms with Crippen molar-refractivity contribution in [2.45, 2.75) is 39.7 Å². The topological polar surface area (TPSA) is 83.6 Å². The van der Waals surface area contributed by atoms with Crippen LogP contribution in [-0.2, 0) is 4.79 Å². The Morgan fingerprint density at radius 1 is 1.24 bits per heavy atom. The second-order valence-corrected chi connectivity index (χ2v) is 7.73. The summed E-state index contributed by atoms with van der Waals surface area (Å²) in [5.41, 5.74) is 2.49. The van der Waals surface area contributed by atoms with Gasteiger partial charge >= 0.3 is 0 Å². The van der Waals surface area contributed by atoms with Crippen LogP contribution in [0.25, 0.3) is 5.82 Å². The zero-order valence-corrected chi connectivity index (χ0v) is 17.9. The molecule has 1 N–H and O–H groups in total. The molecule has 2 amide bonds. The Morgan fingerprint density at radius 3 is 2.72 bits per heavy atom. The summed E-state index contributed by atoms with van der Waals surface area (Å²) in [6, 6.07) is 3.89. The molecule has 1 unspecified atom stereocenters. The van der Waals surface area contributed by atoms with Crippen molar-refractivity contribution in [3.8, 4) is 5.82 Å². The van der Waals surface area contributed by atoms with Gasteiger partial charge in [0, 0.05) is 49.7 Å². The number of carbonyl (C=O) groups excluding carboxylic acids is 2.